The van der Waals surface area contributed by atoms with E-state index in [4.69, 9.17) is 9.84 Å². The lowest BCUT2D eigenvalue weighted by Crippen LogP contribution is -2.48. The fourth-order valence-electron chi connectivity index (χ4n) is 2.57. The molecule has 0 spiro atoms. The van der Waals surface area contributed by atoms with Crippen LogP contribution in [0, 0.1) is 6.92 Å². The standard InChI is InChI=1S/C16H16BrN3O4/c1-10-8-13(18-20(10)12-4-2-11(17)3-5-12)15(21)19-6-7-24-14(9-19)16(22)23/h2-5,8,14H,6-7,9H2,1H3,(H,22,23)/t14-/m1/s1. The van der Waals surface area contributed by atoms with Crippen LogP contribution >= 0.6 is 15.9 Å². The predicted octanol–water partition coefficient (Wildman–Crippen LogP) is 1.87. The van der Waals surface area contributed by atoms with Crippen molar-refractivity contribution >= 4 is 27.8 Å². The molecular formula is C16H16BrN3O4. The van der Waals surface area contributed by atoms with E-state index in [2.05, 4.69) is 21.0 Å². The van der Waals surface area contributed by atoms with Crippen molar-refractivity contribution in [3.05, 3.63) is 46.2 Å². The molecule has 1 N–H and O–H groups in total. The lowest BCUT2D eigenvalue weighted by molar-refractivity contribution is -0.154. The van der Waals surface area contributed by atoms with Gasteiger partial charge in [-0.3, -0.25) is 4.79 Å². The molecule has 1 aliphatic rings. The zero-order valence-corrected chi connectivity index (χ0v) is 14.6. The molecule has 0 aliphatic carbocycles. The van der Waals surface area contributed by atoms with Crippen molar-refractivity contribution in [3.8, 4) is 5.69 Å². The molecule has 2 aromatic rings. The third-order valence-corrected chi connectivity index (χ3v) is 4.34. The molecule has 1 aliphatic heterocycles. The number of carboxylic acids is 1. The molecule has 1 aromatic heterocycles. The third-order valence-electron chi connectivity index (χ3n) is 3.81. The molecule has 126 valence electrons. The molecule has 1 aromatic carbocycles. The summed E-state index contributed by atoms with van der Waals surface area (Å²) in [5.74, 6) is -1.35. The monoisotopic (exact) mass is 393 g/mol. The largest absolute Gasteiger partial charge is 0.479 e. The Balaban J connectivity index is 1.82. The maximum atomic E-state index is 12.6. The summed E-state index contributed by atoms with van der Waals surface area (Å²) in [5, 5.41) is 13.4. The van der Waals surface area contributed by atoms with Crippen molar-refractivity contribution in [2.75, 3.05) is 19.7 Å². The van der Waals surface area contributed by atoms with Crippen molar-refractivity contribution in [1.82, 2.24) is 14.7 Å². The molecule has 1 amide bonds. The fourth-order valence-corrected chi connectivity index (χ4v) is 2.83. The molecule has 0 radical (unpaired) electrons. The normalized spacial score (nSPS) is 17.8. The van der Waals surface area contributed by atoms with Gasteiger partial charge in [0.25, 0.3) is 5.91 Å². The minimum absolute atomic E-state index is 0.0261. The van der Waals surface area contributed by atoms with E-state index in [1.54, 1.807) is 10.7 Å². The van der Waals surface area contributed by atoms with Gasteiger partial charge in [-0.1, -0.05) is 15.9 Å². The first-order valence-electron chi connectivity index (χ1n) is 7.42. The molecule has 0 saturated carbocycles. The molecule has 1 fully saturated rings. The van der Waals surface area contributed by atoms with E-state index in [1.165, 1.54) is 4.90 Å². The van der Waals surface area contributed by atoms with Gasteiger partial charge in [0, 0.05) is 16.7 Å². The summed E-state index contributed by atoms with van der Waals surface area (Å²) in [7, 11) is 0. The number of carbonyl (C=O) groups excluding carboxylic acids is 1. The third kappa shape index (κ3) is 3.34. The van der Waals surface area contributed by atoms with Gasteiger partial charge >= 0.3 is 5.97 Å². The molecule has 8 heteroatoms. The van der Waals surface area contributed by atoms with Gasteiger partial charge in [0.05, 0.1) is 18.8 Å². The first-order valence-corrected chi connectivity index (χ1v) is 8.21. The second kappa shape index (κ2) is 6.74. The van der Waals surface area contributed by atoms with Crippen LogP contribution in [0.3, 0.4) is 0 Å². The number of benzene rings is 1. The van der Waals surface area contributed by atoms with Gasteiger partial charge in [0.2, 0.25) is 0 Å². The molecule has 24 heavy (non-hydrogen) atoms. The number of hydrogen-bond acceptors (Lipinski definition) is 4. The van der Waals surface area contributed by atoms with E-state index in [-0.39, 0.29) is 19.1 Å². The molecule has 1 atom stereocenters. The average Bonchev–Trinajstić information content (AvgIpc) is 2.97. The number of amides is 1. The lowest BCUT2D eigenvalue weighted by atomic mass is 10.2. The van der Waals surface area contributed by atoms with E-state index >= 15 is 0 Å². The Morgan fingerprint density at radius 2 is 2.04 bits per heavy atom. The van der Waals surface area contributed by atoms with Crippen LogP contribution in [0.1, 0.15) is 16.2 Å². The van der Waals surface area contributed by atoms with E-state index in [0.717, 1.165) is 15.9 Å². The molecule has 1 saturated heterocycles. The summed E-state index contributed by atoms with van der Waals surface area (Å²) < 4.78 is 7.79. The number of ether oxygens (including phenoxy) is 1. The highest BCUT2D eigenvalue weighted by atomic mass is 79.9. The number of hydrogen-bond donors (Lipinski definition) is 1. The molecule has 2 heterocycles. The highest BCUT2D eigenvalue weighted by Crippen LogP contribution is 2.17. The van der Waals surface area contributed by atoms with Crippen LogP contribution in [0.15, 0.2) is 34.8 Å². The van der Waals surface area contributed by atoms with Crippen LogP contribution in [0.25, 0.3) is 5.69 Å². The number of carboxylic acid groups (broad SMARTS) is 1. The first-order chi connectivity index (χ1) is 11.5. The van der Waals surface area contributed by atoms with Gasteiger partial charge < -0.3 is 14.7 Å². The molecule has 3 rings (SSSR count). The topological polar surface area (TPSA) is 84.7 Å². The minimum Gasteiger partial charge on any atom is -0.479 e. The van der Waals surface area contributed by atoms with Crippen LogP contribution in [0.2, 0.25) is 0 Å². The number of carbonyl (C=O) groups is 2. The fraction of sp³-hybridized carbons (Fsp3) is 0.312. The second-order valence-corrected chi connectivity index (χ2v) is 6.42. The van der Waals surface area contributed by atoms with Crippen molar-refractivity contribution in [1.29, 1.82) is 0 Å². The van der Waals surface area contributed by atoms with E-state index in [0.29, 0.717) is 12.2 Å². The van der Waals surface area contributed by atoms with Gasteiger partial charge in [-0.25, -0.2) is 9.48 Å². The molecule has 7 nitrogen and oxygen atoms in total. The zero-order chi connectivity index (χ0) is 17.3. The van der Waals surface area contributed by atoms with Gasteiger partial charge in [-0.05, 0) is 37.3 Å². The summed E-state index contributed by atoms with van der Waals surface area (Å²) >= 11 is 3.38. The Hall–Kier alpha value is -2.19. The Kier molecular flexibility index (Phi) is 4.68. The van der Waals surface area contributed by atoms with Crippen LogP contribution in [-0.4, -0.2) is 57.5 Å². The number of rotatable bonds is 3. The van der Waals surface area contributed by atoms with Gasteiger partial charge in [-0.2, -0.15) is 5.10 Å². The second-order valence-electron chi connectivity index (χ2n) is 5.51. The number of aryl methyl sites for hydroxylation is 1. The summed E-state index contributed by atoms with van der Waals surface area (Å²) in [6, 6.07) is 9.30. The summed E-state index contributed by atoms with van der Waals surface area (Å²) in [6.45, 7) is 2.45. The lowest BCUT2D eigenvalue weighted by Gasteiger charge is -2.30. The van der Waals surface area contributed by atoms with E-state index in [1.807, 2.05) is 31.2 Å². The Morgan fingerprint density at radius 1 is 1.33 bits per heavy atom. The van der Waals surface area contributed by atoms with Crippen molar-refractivity contribution in [2.45, 2.75) is 13.0 Å². The van der Waals surface area contributed by atoms with Crippen LogP contribution in [-0.2, 0) is 9.53 Å². The van der Waals surface area contributed by atoms with Crippen LogP contribution in [0.5, 0.6) is 0 Å². The summed E-state index contributed by atoms with van der Waals surface area (Å²) in [5.41, 5.74) is 1.96. The van der Waals surface area contributed by atoms with Gasteiger partial charge in [-0.15, -0.1) is 0 Å². The Morgan fingerprint density at radius 3 is 2.71 bits per heavy atom. The Labute approximate surface area is 147 Å². The van der Waals surface area contributed by atoms with Gasteiger partial charge in [0.1, 0.15) is 0 Å². The molecule has 0 unspecified atom stereocenters. The number of halogens is 1. The van der Waals surface area contributed by atoms with Crippen molar-refractivity contribution < 1.29 is 19.4 Å². The van der Waals surface area contributed by atoms with Crippen molar-refractivity contribution in [3.63, 3.8) is 0 Å². The maximum absolute atomic E-state index is 12.6. The highest BCUT2D eigenvalue weighted by molar-refractivity contribution is 9.10. The Bertz CT molecular complexity index is 772. The number of aromatic nitrogens is 2. The number of nitrogens with zero attached hydrogens (tertiary/aromatic N) is 3. The summed E-state index contributed by atoms with van der Waals surface area (Å²) in [6.07, 6.45) is -0.989. The van der Waals surface area contributed by atoms with E-state index in [9.17, 15) is 9.59 Å². The summed E-state index contributed by atoms with van der Waals surface area (Å²) in [4.78, 5) is 25.1. The highest BCUT2D eigenvalue weighted by Gasteiger charge is 2.30. The zero-order valence-electron chi connectivity index (χ0n) is 13.0. The van der Waals surface area contributed by atoms with E-state index < -0.39 is 12.1 Å². The van der Waals surface area contributed by atoms with Crippen molar-refractivity contribution in [2.24, 2.45) is 0 Å². The van der Waals surface area contributed by atoms with Gasteiger partial charge in [0.15, 0.2) is 11.8 Å². The predicted molar refractivity (Wildman–Crippen MR) is 89.3 cm³/mol. The smallest absolute Gasteiger partial charge is 0.334 e. The minimum atomic E-state index is -1.07. The SMILES string of the molecule is Cc1cc(C(=O)N2CCO[C@@H](C(=O)O)C2)nn1-c1ccc(Br)cc1. The molecular weight excluding hydrogens is 378 g/mol. The maximum Gasteiger partial charge on any atom is 0.334 e. The average molecular weight is 394 g/mol. The first kappa shape index (κ1) is 16.7. The quantitative estimate of drug-likeness (QED) is 0.860. The molecule has 0 bridgehead atoms. The van der Waals surface area contributed by atoms with Crippen LogP contribution in [0.4, 0.5) is 0 Å². The number of morpholine rings is 1. The van der Waals surface area contributed by atoms with Crippen LogP contribution < -0.4 is 0 Å². The number of aliphatic carboxylic acids is 1.